The van der Waals surface area contributed by atoms with E-state index in [2.05, 4.69) is 61.7 Å². The van der Waals surface area contributed by atoms with Crippen LogP contribution in [0.5, 0.6) is 0 Å². The zero-order valence-electron chi connectivity index (χ0n) is 18.8. The third-order valence-corrected chi connectivity index (χ3v) is 7.15. The fraction of sp³-hybridized carbons (Fsp3) is 0.120. The number of carbonyl (C=O) groups is 1. The lowest BCUT2D eigenvalue weighted by Gasteiger charge is -2.10. The summed E-state index contributed by atoms with van der Waals surface area (Å²) in [6.45, 7) is 2.49. The summed E-state index contributed by atoms with van der Waals surface area (Å²) in [5, 5.41) is 15.2. The van der Waals surface area contributed by atoms with E-state index >= 15 is 0 Å². The molecule has 1 N–H and O–H groups in total. The first-order valence-electron chi connectivity index (χ1n) is 10.8. The molecular formula is C25H21N7OS2. The van der Waals surface area contributed by atoms with Gasteiger partial charge in [-0.3, -0.25) is 19.3 Å². The zero-order chi connectivity index (χ0) is 24.0. The van der Waals surface area contributed by atoms with Crippen LogP contribution in [0.15, 0.2) is 83.9 Å². The summed E-state index contributed by atoms with van der Waals surface area (Å²) in [6.07, 6.45) is 6.89. The van der Waals surface area contributed by atoms with Gasteiger partial charge in [0.15, 0.2) is 11.0 Å². The Balaban J connectivity index is 1.32. The van der Waals surface area contributed by atoms with Crippen LogP contribution in [0.4, 0.5) is 0 Å². The molecule has 174 valence electrons. The minimum absolute atomic E-state index is 0.197. The third kappa shape index (κ3) is 5.44. The Bertz CT molecular complexity index is 1420. The van der Waals surface area contributed by atoms with Gasteiger partial charge in [-0.05, 0) is 48.9 Å². The minimum Gasteiger partial charge on any atom is -0.347 e. The molecule has 1 amide bonds. The van der Waals surface area contributed by atoms with Crippen LogP contribution < -0.4 is 5.32 Å². The van der Waals surface area contributed by atoms with Crippen molar-refractivity contribution in [3.8, 4) is 17.1 Å². The minimum atomic E-state index is -0.197. The number of pyridine rings is 2. The summed E-state index contributed by atoms with van der Waals surface area (Å²) in [6, 6.07) is 15.8. The molecule has 0 spiro atoms. The number of aryl methyl sites for hydroxylation is 1. The second kappa shape index (κ2) is 10.6. The van der Waals surface area contributed by atoms with Gasteiger partial charge in [-0.2, -0.15) is 0 Å². The first-order chi connectivity index (χ1) is 17.2. The van der Waals surface area contributed by atoms with Crippen molar-refractivity contribution >= 4 is 29.0 Å². The van der Waals surface area contributed by atoms with Crippen molar-refractivity contribution in [2.24, 2.45) is 0 Å². The molecule has 0 bridgehead atoms. The Morgan fingerprint density at radius 1 is 0.971 bits per heavy atom. The average molecular weight is 500 g/mol. The van der Waals surface area contributed by atoms with Crippen LogP contribution in [-0.4, -0.2) is 35.6 Å². The highest BCUT2D eigenvalue weighted by atomic mass is 32.2. The van der Waals surface area contributed by atoms with E-state index in [4.69, 9.17) is 0 Å². The number of thiazole rings is 1. The lowest BCUT2D eigenvalue weighted by molar-refractivity contribution is 0.0946. The molecule has 4 aromatic heterocycles. The van der Waals surface area contributed by atoms with Crippen LogP contribution in [0.25, 0.3) is 17.1 Å². The van der Waals surface area contributed by atoms with E-state index in [1.165, 1.54) is 28.7 Å². The summed E-state index contributed by atoms with van der Waals surface area (Å²) in [5.41, 5.74) is 4.49. The molecule has 0 aliphatic heterocycles. The molecular weight excluding hydrogens is 478 g/mol. The molecule has 0 aliphatic rings. The van der Waals surface area contributed by atoms with Crippen molar-refractivity contribution in [1.82, 2.24) is 35.0 Å². The largest absolute Gasteiger partial charge is 0.347 e. The second-order valence-corrected chi connectivity index (χ2v) is 9.55. The Hall–Kier alpha value is -3.89. The summed E-state index contributed by atoms with van der Waals surface area (Å²) >= 11 is 2.99. The highest BCUT2D eigenvalue weighted by molar-refractivity contribution is 7.98. The Morgan fingerprint density at radius 2 is 1.69 bits per heavy atom. The van der Waals surface area contributed by atoms with E-state index in [1.54, 1.807) is 30.2 Å². The lowest BCUT2D eigenvalue weighted by Crippen LogP contribution is -2.23. The van der Waals surface area contributed by atoms with Crippen molar-refractivity contribution in [2.45, 2.75) is 24.4 Å². The molecule has 5 rings (SSSR count). The van der Waals surface area contributed by atoms with Gasteiger partial charge in [0.2, 0.25) is 0 Å². The fourth-order valence-electron chi connectivity index (χ4n) is 3.36. The van der Waals surface area contributed by atoms with Gasteiger partial charge in [0, 0.05) is 48.0 Å². The van der Waals surface area contributed by atoms with E-state index in [-0.39, 0.29) is 5.91 Å². The number of nitrogens with zero attached hydrogens (tertiary/aromatic N) is 6. The highest BCUT2D eigenvalue weighted by Crippen LogP contribution is 2.30. The summed E-state index contributed by atoms with van der Waals surface area (Å²) in [4.78, 5) is 25.1. The van der Waals surface area contributed by atoms with E-state index < -0.39 is 0 Å². The molecule has 4 heterocycles. The highest BCUT2D eigenvalue weighted by Gasteiger charge is 2.17. The first kappa shape index (κ1) is 22.9. The maximum absolute atomic E-state index is 12.5. The van der Waals surface area contributed by atoms with E-state index in [0.717, 1.165) is 32.8 Å². The third-order valence-electron chi connectivity index (χ3n) is 5.18. The Labute approximate surface area is 210 Å². The molecule has 5 aromatic rings. The number of benzene rings is 1. The SMILES string of the molecule is Cc1ccc(-n2c(SCc3nc(C(=O)NCc4ccncc4)cs3)nnc2-c2ccncc2)cc1. The van der Waals surface area contributed by atoms with Crippen molar-refractivity contribution in [3.63, 3.8) is 0 Å². The summed E-state index contributed by atoms with van der Waals surface area (Å²) in [7, 11) is 0. The van der Waals surface area contributed by atoms with Gasteiger partial charge in [-0.1, -0.05) is 29.5 Å². The Morgan fingerprint density at radius 3 is 2.43 bits per heavy atom. The van der Waals surface area contributed by atoms with Crippen LogP contribution in [0.3, 0.4) is 0 Å². The van der Waals surface area contributed by atoms with Gasteiger partial charge in [0.25, 0.3) is 5.91 Å². The molecule has 0 saturated carbocycles. The number of carbonyl (C=O) groups excluding carboxylic acids is 1. The smallest absolute Gasteiger partial charge is 0.271 e. The average Bonchev–Trinajstić information content (AvgIpc) is 3.55. The van der Waals surface area contributed by atoms with Gasteiger partial charge in [-0.25, -0.2) is 4.98 Å². The van der Waals surface area contributed by atoms with E-state index in [9.17, 15) is 4.79 Å². The zero-order valence-corrected chi connectivity index (χ0v) is 20.5. The number of hydrogen-bond donors (Lipinski definition) is 1. The second-order valence-electron chi connectivity index (χ2n) is 7.67. The molecule has 0 unspecified atom stereocenters. The predicted molar refractivity (Wildman–Crippen MR) is 136 cm³/mol. The van der Waals surface area contributed by atoms with E-state index in [0.29, 0.717) is 18.0 Å². The van der Waals surface area contributed by atoms with Crippen LogP contribution in [0.1, 0.15) is 26.6 Å². The number of hydrogen-bond acceptors (Lipinski definition) is 8. The molecule has 1 aromatic carbocycles. The van der Waals surface area contributed by atoms with Crippen molar-refractivity contribution in [1.29, 1.82) is 0 Å². The molecule has 0 aliphatic carbocycles. The number of amides is 1. The maximum atomic E-state index is 12.5. The van der Waals surface area contributed by atoms with Crippen LogP contribution >= 0.6 is 23.1 Å². The number of aromatic nitrogens is 6. The van der Waals surface area contributed by atoms with Gasteiger partial charge in [-0.15, -0.1) is 21.5 Å². The summed E-state index contributed by atoms with van der Waals surface area (Å²) < 4.78 is 2.04. The van der Waals surface area contributed by atoms with Crippen molar-refractivity contribution in [2.75, 3.05) is 0 Å². The van der Waals surface area contributed by atoms with Crippen LogP contribution in [0, 0.1) is 6.92 Å². The quantitative estimate of drug-likeness (QED) is 0.309. The lowest BCUT2D eigenvalue weighted by atomic mass is 10.2. The molecule has 0 fully saturated rings. The van der Waals surface area contributed by atoms with Gasteiger partial charge in [0.1, 0.15) is 10.7 Å². The maximum Gasteiger partial charge on any atom is 0.271 e. The molecule has 0 atom stereocenters. The van der Waals surface area contributed by atoms with Crippen LogP contribution in [0.2, 0.25) is 0 Å². The standard InChI is InChI=1S/C25H21N7OS2/c1-17-2-4-20(5-3-17)32-23(19-8-12-27-13-9-19)30-31-25(32)35-16-22-29-21(15-34-22)24(33)28-14-18-6-10-26-11-7-18/h2-13,15H,14,16H2,1H3,(H,28,33). The predicted octanol–water partition coefficient (Wildman–Crippen LogP) is 4.71. The number of nitrogens with one attached hydrogen (secondary N) is 1. The number of rotatable bonds is 8. The van der Waals surface area contributed by atoms with E-state index in [1.807, 2.05) is 28.8 Å². The fourth-order valence-corrected chi connectivity index (χ4v) is 5.10. The Kier molecular flexibility index (Phi) is 6.92. The molecule has 10 heteroatoms. The molecule has 8 nitrogen and oxygen atoms in total. The van der Waals surface area contributed by atoms with Gasteiger partial charge in [0.05, 0.1) is 5.75 Å². The monoisotopic (exact) mass is 499 g/mol. The summed E-state index contributed by atoms with van der Waals surface area (Å²) in [5.74, 6) is 1.12. The molecule has 0 saturated heterocycles. The molecule has 0 radical (unpaired) electrons. The van der Waals surface area contributed by atoms with Crippen LogP contribution in [-0.2, 0) is 12.3 Å². The number of thioether (sulfide) groups is 1. The topological polar surface area (TPSA) is 98.5 Å². The van der Waals surface area contributed by atoms with Gasteiger partial charge >= 0.3 is 0 Å². The molecule has 35 heavy (non-hydrogen) atoms. The first-order valence-corrected chi connectivity index (χ1v) is 12.7. The van der Waals surface area contributed by atoms with Crippen molar-refractivity contribution in [3.05, 3.63) is 101 Å². The normalized spacial score (nSPS) is 10.9. The van der Waals surface area contributed by atoms with Crippen molar-refractivity contribution < 1.29 is 4.79 Å². The van der Waals surface area contributed by atoms with Gasteiger partial charge < -0.3 is 5.32 Å².